The maximum atomic E-state index is 13.5. The highest BCUT2D eigenvalue weighted by Crippen LogP contribution is 2.19. The van der Waals surface area contributed by atoms with Crippen LogP contribution in [0.4, 0.5) is 15.2 Å². The second-order valence-corrected chi connectivity index (χ2v) is 6.05. The third-order valence-corrected chi connectivity index (χ3v) is 4.17. The number of benzene rings is 1. The zero-order valence-electron chi connectivity index (χ0n) is 13.2. The number of nitrogens with one attached hydrogen (secondary N) is 2. The first-order chi connectivity index (χ1) is 12.0. The maximum absolute atomic E-state index is 13.5. The van der Waals surface area contributed by atoms with Gasteiger partial charge in [-0.1, -0.05) is 12.1 Å². The molecule has 0 saturated heterocycles. The molecule has 2 amide bonds. The van der Waals surface area contributed by atoms with Crippen LogP contribution >= 0.6 is 11.3 Å². The first kappa shape index (κ1) is 16.8. The Morgan fingerprint density at radius 3 is 2.76 bits per heavy atom. The molecule has 0 fully saturated rings. The van der Waals surface area contributed by atoms with E-state index in [1.807, 2.05) is 0 Å². The van der Waals surface area contributed by atoms with E-state index in [4.69, 9.17) is 4.42 Å². The average molecular weight is 359 g/mol. The highest BCUT2D eigenvalue weighted by molar-refractivity contribution is 7.14. The Balaban J connectivity index is 1.60. The zero-order chi connectivity index (χ0) is 17.8. The second-order valence-electron chi connectivity index (χ2n) is 5.19. The van der Waals surface area contributed by atoms with Gasteiger partial charge in [0.15, 0.2) is 5.13 Å². The third-order valence-electron chi connectivity index (χ3n) is 3.37. The molecule has 128 valence electrons. The van der Waals surface area contributed by atoms with Crippen molar-refractivity contribution in [2.75, 3.05) is 10.6 Å². The van der Waals surface area contributed by atoms with Crippen LogP contribution in [0, 0.1) is 12.7 Å². The Hall–Kier alpha value is -3.00. The molecular formula is C17H14FN3O3S. The summed E-state index contributed by atoms with van der Waals surface area (Å²) >= 11 is 1.20. The minimum Gasteiger partial charge on any atom is -0.469 e. The van der Waals surface area contributed by atoms with E-state index >= 15 is 0 Å². The molecule has 1 aromatic carbocycles. The van der Waals surface area contributed by atoms with Crippen LogP contribution < -0.4 is 10.6 Å². The van der Waals surface area contributed by atoms with Gasteiger partial charge in [-0.15, -0.1) is 11.3 Å². The van der Waals surface area contributed by atoms with Crippen LogP contribution in [0.5, 0.6) is 0 Å². The van der Waals surface area contributed by atoms with Crippen LogP contribution in [0.2, 0.25) is 0 Å². The first-order valence-corrected chi connectivity index (χ1v) is 8.25. The molecule has 2 heterocycles. The van der Waals surface area contributed by atoms with Gasteiger partial charge < -0.3 is 9.73 Å². The van der Waals surface area contributed by atoms with Gasteiger partial charge in [-0.3, -0.25) is 14.9 Å². The van der Waals surface area contributed by atoms with Gasteiger partial charge in [0.25, 0.3) is 5.91 Å². The molecule has 0 aliphatic heterocycles. The number of halogens is 1. The molecule has 2 aromatic heterocycles. The molecule has 3 aromatic rings. The summed E-state index contributed by atoms with van der Waals surface area (Å²) in [4.78, 5) is 28.3. The van der Waals surface area contributed by atoms with Crippen LogP contribution in [-0.2, 0) is 11.2 Å². The van der Waals surface area contributed by atoms with Gasteiger partial charge in [-0.05, 0) is 25.1 Å². The van der Waals surface area contributed by atoms with Gasteiger partial charge in [-0.25, -0.2) is 9.37 Å². The van der Waals surface area contributed by atoms with Gasteiger partial charge in [0, 0.05) is 5.38 Å². The van der Waals surface area contributed by atoms with Crippen LogP contribution in [0.15, 0.2) is 46.4 Å². The second kappa shape index (κ2) is 7.27. The van der Waals surface area contributed by atoms with E-state index in [1.54, 1.807) is 30.5 Å². The highest BCUT2D eigenvalue weighted by atomic mass is 32.1. The fourth-order valence-corrected chi connectivity index (χ4v) is 2.86. The number of thiazole rings is 1. The minimum atomic E-state index is -0.502. The highest BCUT2D eigenvalue weighted by Gasteiger charge is 2.15. The van der Waals surface area contributed by atoms with Gasteiger partial charge in [0.2, 0.25) is 5.91 Å². The summed E-state index contributed by atoms with van der Waals surface area (Å²) in [6.07, 6.45) is 1.41. The lowest BCUT2D eigenvalue weighted by atomic mass is 10.2. The molecular weight excluding hydrogens is 345 g/mol. The Morgan fingerprint density at radius 1 is 1.24 bits per heavy atom. The number of para-hydroxylation sites is 1. The van der Waals surface area contributed by atoms with Gasteiger partial charge in [-0.2, -0.15) is 0 Å². The summed E-state index contributed by atoms with van der Waals surface area (Å²) in [5.74, 6) is -0.710. The van der Waals surface area contributed by atoms with Gasteiger partial charge in [0.05, 0.1) is 29.6 Å². The Kier molecular flexibility index (Phi) is 4.90. The molecule has 0 saturated carbocycles. The van der Waals surface area contributed by atoms with Crippen molar-refractivity contribution >= 4 is 34.0 Å². The molecule has 0 aliphatic rings. The molecule has 0 unspecified atom stereocenters. The van der Waals surface area contributed by atoms with Gasteiger partial charge >= 0.3 is 0 Å². The lowest BCUT2D eigenvalue weighted by molar-refractivity contribution is -0.115. The largest absolute Gasteiger partial charge is 0.469 e. The van der Waals surface area contributed by atoms with Crippen molar-refractivity contribution in [3.05, 3.63) is 64.8 Å². The third kappa shape index (κ3) is 4.10. The van der Waals surface area contributed by atoms with Crippen molar-refractivity contribution in [3.63, 3.8) is 0 Å². The lowest BCUT2D eigenvalue weighted by Gasteiger charge is -2.04. The van der Waals surface area contributed by atoms with Crippen molar-refractivity contribution in [3.8, 4) is 0 Å². The molecule has 25 heavy (non-hydrogen) atoms. The van der Waals surface area contributed by atoms with Crippen molar-refractivity contribution < 1.29 is 18.4 Å². The van der Waals surface area contributed by atoms with E-state index in [2.05, 4.69) is 15.6 Å². The van der Waals surface area contributed by atoms with E-state index in [1.165, 1.54) is 29.7 Å². The number of rotatable bonds is 5. The average Bonchev–Trinajstić information content (AvgIpc) is 3.18. The molecule has 0 bridgehead atoms. The molecule has 0 radical (unpaired) electrons. The zero-order valence-corrected chi connectivity index (χ0v) is 14.0. The summed E-state index contributed by atoms with van der Waals surface area (Å²) in [5.41, 5.74) is 1.03. The molecule has 0 atom stereocenters. The van der Waals surface area contributed by atoms with Crippen molar-refractivity contribution in [1.29, 1.82) is 0 Å². The number of carbonyl (C=O) groups is 2. The number of aromatic nitrogens is 1. The standard InChI is InChI=1S/C17H14FN3O3S/c1-10-12(6-7-24-10)16(23)21-17-19-11(9-25-17)8-15(22)20-14-5-3-2-4-13(14)18/h2-7,9H,8H2,1H3,(H,20,22)(H,19,21,23). The lowest BCUT2D eigenvalue weighted by Crippen LogP contribution is -2.16. The number of hydrogen-bond acceptors (Lipinski definition) is 5. The smallest absolute Gasteiger partial charge is 0.260 e. The number of anilines is 2. The molecule has 3 rings (SSSR count). The van der Waals surface area contributed by atoms with Gasteiger partial charge in [0.1, 0.15) is 11.6 Å². The summed E-state index contributed by atoms with van der Waals surface area (Å²) in [6.45, 7) is 1.69. The Labute approximate surface area is 146 Å². The van der Waals surface area contributed by atoms with E-state index in [0.717, 1.165) is 0 Å². The van der Waals surface area contributed by atoms with E-state index in [9.17, 15) is 14.0 Å². The molecule has 0 spiro atoms. The number of aryl methyl sites for hydroxylation is 1. The molecule has 2 N–H and O–H groups in total. The number of carbonyl (C=O) groups excluding carboxylic acids is 2. The fraction of sp³-hybridized carbons (Fsp3) is 0.118. The predicted octanol–water partition coefficient (Wildman–Crippen LogP) is 3.62. The molecule has 0 aliphatic carbocycles. The topological polar surface area (TPSA) is 84.2 Å². The van der Waals surface area contributed by atoms with E-state index in [-0.39, 0.29) is 23.9 Å². The normalized spacial score (nSPS) is 10.5. The molecule has 6 nitrogen and oxygen atoms in total. The van der Waals surface area contributed by atoms with Crippen LogP contribution in [0.25, 0.3) is 0 Å². The SMILES string of the molecule is Cc1occc1C(=O)Nc1nc(CC(=O)Nc2ccccc2F)cs1. The monoisotopic (exact) mass is 359 g/mol. The number of hydrogen-bond donors (Lipinski definition) is 2. The Bertz CT molecular complexity index is 919. The van der Waals surface area contributed by atoms with Crippen LogP contribution in [0.1, 0.15) is 21.8 Å². The van der Waals surface area contributed by atoms with Crippen molar-refractivity contribution in [2.45, 2.75) is 13.3 Å². The Morgan fingerprint density at radius 2 is 2.04 bits per heavy atom. The first-order valence-electron chi connectivity index (χ1n) is 7.37. The van der Waals surface area contributed by atoms with Crippen molar-refractivity contribution in [1.82, 2.24) is 4.98 Å². The van der Waals surface area contributed by atoms with E-state index in [0.29, 0.717) is 22.1 Å². The number of amides is 2. The fourth-order valence-electron chi connectivity index (χ4n) is 2.15. The molecule has 8 heteroatoms. The summed E-state index contributed by atoms with van der Waals surface area (Å²) in [7, 11) is 0. The minimum absolute atomic E-state index is 0.0224. The van der Waals surface area contributed by atoms with Crippen molar-refractivity contribution in [2.24, 2.45) is 0 Å². The summed E-state index contributed by atoms with van der Waals surface area (Å²) < 4.78 is 18.6. The summed E-state index contributed by atoms with van der Waals surface area (Å²) in [6, 6.07) is 7.49. The predicted molar refractivity (Wildman–Crippen MR) is 92.2 cm³/mol. The quantitative estimate of drug-likeness (QED) is 0.729. The number of nitrogens with zero attached hydrogens (tertiary/aromatic N) is 1. The number of furan rings is 1. The van der Waals surface area contributed by atoms with E-state index < -0.39 is 5.82 Å². The van der Waals surface area contributed by atoms with Crippen LogP contribution in [0.3, 0.4) is 0 Å². The maximum Gasteiger partial charge on any atom is 0.260 e. The van der Waals surface area contributed by atoms with Crippen LogP contribution in [-0.4, -0.2) is 16.8 Å². The summed E-state index contributed by atoms with van der Waals surface area (Å²) in [5, 5.41) is 7.18.